The highest BCUT2D eigenvalue weighted by Gasteiger charge is 2.21. The Balaban J connectivity index is 2.02. The Labute approximate surface area is 153 Å². The molecule has 3 rings (SSSR count). The third kappa shape index (κ3) is 3.47. The molecule has 27 heavy (non-hydrogen) atoms. The fourth-order valence-corrected chi connectivity index (χ4v) is 3.71. The lowest BCUT2D eigenvalue weighted by atomic mass is 10.1. The molecule has 0 aliphatic heterocycles. The highest BCUT2D eigenvalue weighted by atomic mass is 32.2. The fraction of sp³-hybridized carbons (Fsp3) is 0.118. The summed E-state index contributed by atoms with van der Waals surface area (Å²) in [5.41, 5.74) is 0.418. The monoisotopic (exact) mass is 390 g/mol. The Morgan fingerprint density at radius 3 is 2.63 bits per heavy atom. The lowest BCUT2D eigenvalue weighted by Crippen LogP contribution is -2.13. The van der Waals surface area contributed by atoms with E-state index >= 15 is 0 Å². The van der Waals surface area contributed by atoms with Gasteiger partial charge in [-0.25, -0.2) is 13.2 Å². The minimum atomic E-state index is -4.07. The first-order valence-electron chi connectivity index (χ1n) is 7.61. The van der Waals surface area contributed by atoms with Crippen LogP contribution in [0.15, 0.2) is 51.8 Å². The summed E-state index contributed by atoms with van der Waals surface area (Å²) in [7, 11) is -2.84. The second-order valence-corrected chi connectivity index (χ2v) is 7.28. The molecule has 0 unspecified atom stereocenters. The first-order valence-corrected chi connectivity index (χ1v) is 9.10. The number of rotatable bonds is 5. The minimum absolute atomic E-state index is 0.167. The van der Waals surface area contributed by atoms with Crippen LogP contribution in [0.1, 0.15) is 16.1 Å². The van der Waals surface area contributed by atoms with Crippen molar-refractivity contribution in [2.45, 2.75) is 11.8 Å². The van der Waals surface area contributed by atoms with E-state index in [-0.39, 0.29) is 21.8 Å². The van der Waals surface area contributed by atoms with Gasteiger partial charge in [-0.05, 0) is 31.2 Å². The van der Waals surface area contributed by atoms with E-state index in [0.29, 0.717) is 16.7 Å². The largest absolute Gasteiger partial charge is 0.465 e. The number of benzene rings is 2. The zero-order valence-electron chi connectivity index (χ0n) is 14.3. The first-order chi connectivity index (χ1) is 12.7. The number of anilines is 1. The molecule has 1 N–H and O–H groups in total. The summed E-state index contributed by atoms with van der Waals surface area (Å²) in [5.74, 6) is -0.263. The first kappa shape index (κ1) is 18.4. The maximum absolute atomic E-state index is 12.5. The third-order valence-electron chi connectivity index (χ3n) is 3.84. The van der Waals surface area contributed by atoms with Crippen molar-refractivity contribution in [3.63, 3.8) is 0 Å². The molecular weight excluding hydrogens is 376 g/mol. The number of carbonyl (C=O) groups is 1. The fourth-order valence-electron chi connectivity index (χ4n) is 2.62. The molecule has 0 spiro atoms. The van der Waals surface area contributed by atoms with Crippen molar-refractivity contribution in [1.29, 1.82) is 0 Å². The molecule has 140 valence electrons. The zero-order valence-corrected chi connectivity index (χ0v) is 15.1. The van der Waals surface area contributed by atoms with Crippen LogP contribution in [-0.2, 0) is 14.8 Å². The number of esters is 1. The number of fused-ring (bicyclic) bond motifs is 1. The highest BCUT2D eigenvalue weighted by molar-refractivity contribution is 7.92. The number of nitro benzene ring substituents is 1. The average Bonchev–Trinajstić information content (AvgIpc) is 2.96. The van der Waals surface area contributed by atoms with Crippen molar-refractivity contribution in [1.82, 2.24) is 0 Å². The van der Waals surface area contributed by atoms with Gasteiger partial charge in [-0.3, -0.25) is 14.8 Å². The maximum Gasteiger partial charge on any atom is 0.342 e. The summed E-state index contributed by atoms with van der Waals surface area (Å²) in [6, 6.07) is 9.10. The smallest absolute Gasteiger partial charge is 0.342 e. The van der Waals surface area contributed by atoms with Crippen molar-refractivity contribution in [2.75, 3.05) is 11.8 Å². The number of hydrogen-bond donors (Lipinski definition) is 1. The number of non-ortho nitro benzene ring substituents is 1. The molecule has 0 aliphatic rings. The van der Waals surface area contributed by atoms with Gasteiger partial charge in [0.25, 0.3) is 15.7 Å². The Morgan fingerprint density at radius 1 is 1.22 bits per heavy atom. The van der Waals surface area contributed by atoms with Gasteiger partial charge in [0.15, 0.2) is 0 Å². The van der Waals surface area contributed by atoms with Gasteiger partial charge in [-0.15, -0.1) is 0 Å². The predicted molar refractivity (Wildman–Crippen MR) is 96.2 cm³/mol. The van der Waals surface area contributed by atoms with Crippen molar-refractivity contribution in [3.8, 4) is 0 Å². The number of nitro groups is 1. The normalized spacial score (nSPS) is 11.3. The molecule has 0 amide bonds. The van der Waals surface area contributed by atoms with Crippen LogP contribution in [0.25, 0.3) is 11.0 Å². The summed E-state index contributed by atoms with van der Waals surface area (Å²) < 4.78 is 37.6. The Bertz CT molecular complexity index is 1170. The molecule has 0 aliphatic carbocycles. The lowest BCUT2D eigenvalue weighted by molar-refractivity contribution is -0.385. The number of carbonyl (C=O) groups excluding carboxylic acids is 1. The van der Waals surface area contributed by atoms with Crippen molar-refractivity contribution in [3.05, 3.63) is 63.9 Å². The van der Waals surface area contributed by atoms with Crippen molar-refractivity contribution < 1.29 is 27.3 Å². The van der Waals surface area contributed by atoms with Gasteiger partial charge in [-0.2, -0.15) is 0 Å². The molecule has 1 heterocycles. The summed E-state index contributed by atoms with van der Waals surface area (Å²) in [5, 5.41) is 11.2. The molecule has 0 fully saturated rings. The van der Waals surface area contributed by atoms with E-state index in [9.17, 15) is 23.3 Å². The zero-order chi connectivity index (χ0) is 19.8. The second kappa shape index (κ2) is 6.72. The van der Waals surface area contributed by atoms with Crippen LogP contribution in [0.3, 0.4) is 0 Å². The van der Waals surface area contributed by atoms with Gasteiger partial charge in [0.05, 0.1) is 16.9 Å². The molecule has 0 saturated heterocycles. The topological polar surface area (TPSA) is 129 Å². The molecule has 2 aromatic carbocycles. The van der Waals surface area contributed by atoms with Crippen LogP contribution in [0.4, 0.5) is 11.4 Å². The van der Waals surface area contributed by atoms with Crippen LogP contribution in [0, 0.1) is 17.0 Å². The van der Waals surface area contributed by atoms with E-state index in [1.807, 2.05) is 0 Å². The minimum Gasteiger partial charge on any atom is -0.465 e. The Morgan fingerprint density at radius 2 is 1.96 bits per heavy atom. The SMILES string of the molecule is COC(=O)c1c(C)oc2ccc(NS(=O)(=O)c3cccc([N+](=O)[O-])c3)cc12. The van der Waals surface area contributed by atoms with Crippen LogP contribution in [0.2, 0.25) is 0 Å². The number of furan rings is 1. The van der Waals surface area contributed by atoms with Crippen molar-refractivity contribution in [2.24, 2.45) is 0 Å². The van der Waals surface area contributed by atoms with E-state index in [1.165, 1.54) is 43.5 Å². The summed E-state index contributed by atoms with van der Waals surface area (Å²) in [6.45, 7) is 1.60. The van der Waals surface area contributed by atoms with Crippen LogP contribution in [-0.4, -0.2) is 26.4 Å². The van der Waals surface area contributed by atoms with Gasteiger partial charge < -0.3 is 9.15 Å². The predicted octanol–water partition coefficient (Wildman–Crippen LogP) is 3.24. The van der Waals surface area contributed by atoms with Crippen LogP contribution >= 0.6 is 0 Å². The van der Waals surface area contributed by atoms with E-state index in [2.05, 4.69) is 4.72 Å². The molecule has 0 radical (unpaired) electrons. The Hall–Kier alpha value is -3.40. The molecule has 9 nitrogen and oxygen atoms in total. The van der Waals surface area contributed by atoms with Gasteiger partial charge in [0, 0.05) is 23.2 Å². The van der Waals surface area contributed by atoms with Crippen LogP contribution in [0.5, 0.6) is 0 Å². The van der Waals surface area contributed by atoms with E-state index in [0.717, 1.165) is 6.07 Å². The van der Waals surface area contributed by atoms with Crippen LogP contribution < -0.4 is 4.72 Å². The molecule has 0 atom stereocenters. The number of sulfonamides is 1. The van der Waals surface area contributed by atoms with Gasteiger partial charge in [-0.1, -0.05) is 6.07 Å². The van der Waals surface area contributed by atoms with Crippen molar-refractivity contribution >= 4 is 38.3 Å². The number of hydrogen-bond acceptors (Lipinski definition) is 7. The number of ether oxygens (including phenoxy) is 1. The highest BCUT2D eigenvalue weighted by Crippen LogP contribution is 2.30. The summed E-state index contributed by atoms with van der Waals surface area (Å²) in [4.78, 5) is 21.9. The molecule has 0 bridgehead atoms. The summed E-state index contributed by atoms with van der Waals surface area (Å²) >= 11 is 0. The standard InChI is InChI=1S/C17H14N2O7S/c1-10-16(17(20)25-2)14-8-11(6-7-15(14)26-10)18-27(23,24)13-5-3-4-12(9-13)19(21)22/h3-9,18H,1-2H3. The van der Waals surface area contributed by atoms with Gasteiger partial charge in [0.1, 0.15) is 16.9 Å². The van der Waals surface area contributed by atoms with E-state index in [1.54, 1.807) is 6.92 Å². The number of nitrogens with zero attached hydrogens (tertiary/aromatic N) is 1. The quantitative estimate of drug-likeness (QED) is 0.402. The van der Waals surface area contributed by atoms with E-state index < -0.39 is 20.9 Å². The lowest BCUT2D eigenvalue weighted by Gasteiger charge is -2.08. The molecule has 1 aromatic heterocycles. The summed E-state index contributed by atoms with van der Waals surface area (Å²) in [6.07, 6.45) is 0. The van der Waals surface area contributed by atoms with E-state index in [4.69, 9.17) is 9.15 Å². The molecule has 10 heteroatoms. The molecule has 3 aromatic rings. The second-order valence-electron chi connectivity index (χ2n) is 5.60. The molecule has 0 saturated carbocycles. The Kier molecular flexibility index (Phi) is 4.58. The number of aryl methyl sites for hydroxylation is 1. The maximum atomic E-state index is 12.5. The van der Waals surface area contributed by atoms with Gasteiger partial charge in [0.2, 0.25) is 0 Å². The van der Waals surface area contributed by atoms with Gasteiger partial charge >= 0.3 is 5.97 Å². The third-order valence-corrected chi connectivity index (χ3v) is 5.22. The number of methoxy groups -OCH3 is 1. The average molecular weight is 390 g/mol. The number of nitrogens with one attached hydrogen (secondary N) is 1. The molecular formula is C17H14N2O7S.